The van der Waals surface area contributed by atoms with Crippen LogP contribution in [0.15, 0.2) is 12.1 Å². The van der Waals surface area contributed by atoms with Gasteiger partial charge < -0.3 is 10.4 Å². The molecular formula is C15H20N2O4. The summed E-state index contributed by atoms with van der Waals surface area (Å²) in [5.41, 5.74) is 0.809. The summed E-state index contributed by atoms with van der Waals surface area (Å²) in [4.78, 5) is 21.6. The van der Waals surface area contributed by atoms with E-state index < -0.39 is 10.9 Å². The summed E-state index contributed by atoms with van der Waals surface area (Å²) in [5, 5.41) is 23.3. The minimum Gasteiger partial charge on any atom is -0.478 e. The fourth-order valence-corrected chi connectivity index (χ4v) is 2.96. The van der Waals surface area contributed by atoms with Crippen LogP contribution in [-0.2, 0) is 0 Å². The molecule has 2 N–H and O–H groups in total. The van der Waals surface area contributed by atoms with Gasteiger partial charge in [-0.1, -0.05) is 13.3 Å². The highest BCUT2D eigenvalue weighted by atomic mass is 16.6. The Labute approximate surface area is 123 Å². The lowest BCUT2D eigenvalue weighted by molar-refractivity contribution is -0.385. The van der Waals surface area contributed by atoms with Crippen molar-refractivity contribution in [2.75, 3.05) is 11.9 Å². The third-order valence-electron chi connectivity index (χ3n) is 4.21. The predicted molar refractivity (Wildman–Crippen MR) is 79.8 cm³/mol. The Morgan fingerprint density at radius 2 is 2.19 bits per heavy atom. The summed E-state index contributed by atoms with van der Waals surface area (Å²) >= 11 is 0. The van der Waals surface area contributed by atoms with E-state index in [2.05, 4.69) is 12.2 Å². The van der Waals surface area contributed by atoms with Crippen LogP contribution in [0.5, 0.6) is 0 Å². The maximum absolute atomic E-state index is 11.1. The number of benzene rings is 1. The largest absolute Gasteiger partial charge is 0.478 e. The molecule has 1 aromatic rings. The van der Waals surface area contributed by atoms with Crippen molar-refractivity contribution in [3.8, 4) is 0 Å². The van der Waals surface area contributed by atoms with E-state index in [-0.39, 0.29) is 11.3 Å². The number of nitrogens with one attached hydrogen (secondary N) is 1. The van der Waals surface area contributed by atoms with E-state index >= 15 is 0 Å². The van der Waals surface area contributed by atoms with E-state index in [1.165, 1.54) is 12.5 Å². The number of carboxylic acids is 1. The van der Waals surface area contributed by atoms with Crippen molar-refractivity contribution in [3.05, 3.63) is 33.4 Å². The monoisotopic (exact) mass is 292 g/mol. The number of rotatable bonds is 5. The molecule has 0 spiro atoms. The SMILES string of the molecule is Cc1c(NCC2CCC(C)C2)cc(C(=O)O)cc1[N+](=O)[O-]. The van der Waals surface area contributed by atoms with E-state index in [4.69, 9.17) is 5.11 Å². The Balaban J connectivity index is 2.21. The number of nitrogens with zero attached hydrogens (tertiary/aromatic N) is 1. The van der Waals surface area contributed by atoms with Crippen LogP contribution in [0.25, 0.3) is 0 Å². The normalized spacial score (nSPS) is 21.2. The van der Waals surface area contributed by atoms with Crippen LogP contribution in [0.1, 0.15) is 42.1 Å². The lowest BCUT2D eigenvalue weighted by Crippen LogP contribution is -2.13. The van der Waals surface area contributed by atoms with Crippen molar-refractivity contribution < 1.29 is 14.8 Å². The molecule has 1 fully saturated rings. The summed E-state index contributed by atoms with van der Waals surface area (Å²) < 4.78 is 0. The van der Waals surface area contributed by atoms with Crippen LogP contribution in [-0.4, -0.2) is 22.5 Å². The number of nitro groups is 1. The molecule has 6 nitrogen and oxygen atoms in total. The highest BCUT2D eigenvalue weighted by Crippen LogP contribution is 2.32. The van der Waals surface area contributed by atoms with Gasteiger partial charge in [-0.3, -0.25) is 10.1 Å². The quantitative estimate of drug-likeness (QED) is 0.640. The molecule has 0 aromatic heterocycles. The molecule has 6 heteroatoms. The van der Waals surface area contributed by atoms with Crippen LogP contribution in [0.2, 0.25) is 0 Å². The zero-order valence-corrected chi connectivity index (χ0v) is 12.3. The number of hydrogen-bond donors (Lipinski definition) is 2. The molecule has 1 saturated carbocycles. The average molecular weight is 292 g/mol. The molecule has 0 heterocycles. The van der Waals surface area contributed by atoms with Crippen LogP contribution in [0.4, 0.5) is 11.4 Å². The Bertz CT molecular complexity index is 571. The molecule has 0 saturated heterocycles. The standard InChI is InChI=1S/C15H20N2O4/c1-9-3-4-11(5-9)8-16-13-6-12(15(18)19)7-14(10(13)2)17(20)21/h6-7,9,11,16H,3-5,8H2,1-2H3,(H,18,19). The van der Waals surface area contributed by atoms with Gasteiger partial charge in [0, 0.05) is 23.9 Å². The second-order valence-electron chi connectivity index (χ2n) is 5.90. The number of anilines is 1. The number of carbonyl (C=O) groups is 1. The predicted octanol–water partition coefficient (Wildman–Crippen LogP) is 3.45. The summed E-state index contributed by atoms with van der Waals surface area (Å²) in [6, 6.07) is 2.59. The summed E-state index contributed by atoms with van der Waals surface area (Å²) in [7, 11) is 0. The second kappa shape index (κ2) is 6.11. The van der Waals surface area contributed by atoms with Gasteiger partial charge in [0.2, 0.25) is 0 Å². The zero-order valence-electron chi connectivity index (χ0n) is 12.3. The van der Waals surface area contributed by atoms with Crippen molar-refractivity contribution in [1.82, 2.24) is 0 Å². The molecule has 0 amide bonds. The molecular weight excluding hydrogens is 272 g/mol. The minimum absolute atomic E-state index is 0.0606. The first-order valence-corrected chi connectivity index (χ1v) is 7.14. The molecule has 0 radical (unpaired) electrons. The van der Waals surface area contributed by atoms with E-state index in [0.29, 0.717) is 17.2 Å². The van der Waals surface area contributed by atoms with Gasteiger partial charge in [-0.2, -0.15) is 0 Å². The zero-order chi connectivity index (χ0) is 15.6. The molecule has 114 valence electrons. The van der Waals surface area contributed by atoms with E-state index in [1.54, 1.807) is 6.92 Å². The number of nitro benzene ring substituents is 1. The van der Waals surface area contributed by atoms with Crippen molar-refractivity contribution in [1.29, 1.82) is 0 Å². The third kappa shape index (κ3) is 3.51. The minimum atomic E-state index is -1.16. The van der Waals surface area contributed by atoms with Crippen molar-refractivity contribution in [2.45, 2.75) is 33.1 Å². The smallest absolute Gasteiger partial charge is 0.336 e. The summed E-state index contributed by atoms with van der Waals surface area (Å²) in [5.74, 6) is 0.111. The summed E-state index contributed by atoms with van der Waals surface area (Å²) in [6.45, 7) is 4.59. The van der Waals surface area contributed by atoms with E-state index in [0.717, 1.165) is 31.4 Å². The van der Waals surface area contributed by atoms with Gasteiger partial charge in [-0.05, 0) is 37.7 Å². The van der Waals surface area contributed by atoms with Gasteiger partial charge in [-0.15, -0.1) is 0 Å². The van der Waals surface area contributed by atoms with Gasteiger partial charge in [-0.25, -0.2) is 4.79 Å². The molecule has 1 aromatic carbocycles. The molecule has 2 rings (SSSR count). The fourth-order valence-electron chi connectivity index (χ4n) is 2.96. The lowest BCUT2D eigenvalue weighted by Gasteiger charge is -2.15. The molecule has 1 aliphatic carbocycles. The molecule has 0 bridgehead atoms. The van der Waals surface area contributed by atoms with Crippen molar-refractivity contribution in [3.63, 3.8) is 0 Å². The molecule has 2 atom stereocenters. The topological polar surface area (TPSA) is 92.5 Å². The van der Waals surface area contributed by atoms with Gasteiger partial charge in [0.25, 0.3) is 5.69 Å². The van der Waals surface area contributed by atoms with Gasteiger partial charge in [0.15, 0.2) is 0 Å². The van der Waals surface area contributed by atoms with Crippen molar-refractivity contribution in [2.24, 2.45) is 11.8 Å². The summed E-state index contributed by atoms with van der Waals surface area (Å²) in [6.07, 6.45) is 3.50. The molecule has 1 aliphatic rings. The first kappa shape index (κ1) is 15.3. The van der Waals surface area contributed by atoms with Gasteiger partial charge in [0.1, 0.15) is 0 Å². The fraction of sp³-hybridized carbons (Fsp3) is 0.533. The Morgan fingerprint density at radius 1 is 1.48 bits per heavy atom. The van der Waals surface area contributed by atoms with Crippen LogP contribution in [0.3, 0.4) is 0 Å². The Kier molecular flexibility index (Phi) is 4.45. The number of aromatic carboxylic acids is 1. The Hall–Kier alpha value is -2.11. The van der Waals surface area contributed by atoms with Crippen LogP contribution in [0, 0.1) is 28.9 Å². The van der Waals surface area contributed by atoms with Crippen LogP contribution >= 0.6 is 0 Å². The maximum atomic E-state index is 11.1. The van der Waals surface area contributed by atoms with E-state index in [9.17, 15) is 14.9 Å². The van der Waals surface area contributed by atoms with E-state index in [1.807, 2.05) is 0 Å². The third-order valence-corrected chi connectivity index (χ3v) is 4.21. The molecule has 0 aliphatic heterocycles. The lowest BCUT2D eigenvalue weighted by atomic mass is 10.0. The highest BCUT2D eigenvalue weighted by Gasteiger charge is 2.23. The number of hydrogen-bond acceptors (Lipinski definition) is 4. The first-order chi connectivity index (χ1) is 9.88. The number of carboxylic acid groups (broad SMARTS) is 1. The first-order valence-electron chi connectivity index (χ1n) is 7.14. The van der Waals surface area contributed by atoms with Gasteiger partial charge >= 0.3 is 5.97 Å². The molecule has 21 heavy (non-hydrogen) atoms. The second-order valence-corrected chi connectivity index (χ2v) is 5.90. The average Bonchev–Trinajstić information content (AvgIpc) is 2.82. The van der Waals surface area contributed by atoms with Crippen molar-refractivity contribution >= 4 is 17.3 Å². The van der Waals surface area contributed by atoms with Gasteiger partial charge in [0.05, 0.1) is 10.5 Å². The Morgan fingerprint density at radius 3 is 2.71 bits per heavy atom. The molecule has 2 unspecified atom stereocenters. The maximum Gasteiger partial charge on any atom is 0.336 e. The highest BCUT2D eigenvalue weighted by molar-refractivity contribution is 5.90. The van der Waals surface area contributed by atoms with Crippen LogP contribution < -0.4 is 5.32 Å².